The first-order valence-corrected chi connectivity index (χ1v) is 8.91. The second-order valence-electron chi connectivity index (χ2n) is 6.96. The van der Waals surface area contributed by atoms with Crippen LogP contribution in [0.15, 0.2) is 6.20 Å². The van der Waals surface area contributed by atoms with Crippen LogP contribution in [0.4, 0.5) is 0 Å². The zero-order chi connectivity index (χ0) is 15.0. The maximum atomic E-state index is 4.71. The van der Waals surface area contributed by atoms with E-state index in [2.05, 4.69) is 66.4 Å². The molecule has 0 amide bonds. The Kier molecular flexibility index (Phi) is 4.84. The molecule has 0 radical (unpaired) electrons. The molecule has 0 fully saturated rings. The number of rotatable bonds is 2. The second kappa shape index (κ2) is 6.09. The van der Waals surface area contributed by atoms with Gasteiger partial charge in [-0.15, -0.1) is 0 Å². The molecule has 2 rings (SSSR count). The largest absolute Gasteiger partial charge is 0.261 e. The zero-order valence-electron chi connectivity index (χ0n) is 14.0. The first kappa shape index (κ1) is 15.9. The molecular formula is C18H29NS. The molecule has 1 unspecified atom stereocenters. The van der Waals surface area contributed by atoms with Crippen LogP contribution in [-0.2, 0) is 0 Å². The van der Waals surface area contributed by atoms with Crippen molar-refractivity contribution in [2.75, 3.05) is 0 Å². The molecule has 0 N–H and O–H groups in total. The summed E-state index contributed by atoms with van der Waals surface area (Å²) in [6.07, 6.45) is 3.43. The van der Waals surface area contributed by atoms with E-state index in [4.69, 9.17) is 4.98 Å². The van der Waals surface area contributed by atoms with Crippen LogP contribution in [0, 0.1) is 12.8 Å². The molecule has 1 aliphatic heterocycles. The maximum absolute atomic E-state index is 4.71. The van der Waals surface area contributed by atoms with Crippen molar-refractivity contribution in [3.63, 3.8) is 0 Å². The predicted octanol–water partition coefficient (Wildman–Crippen LogP) is 5.84. The summed E-state index contributed by atoms with van der Waals surface area (Å²) in [5.41, 5.74) is 5.88. The predicted molar refractivity (Wildman–Crippen MR) is 90.7 cm³/mol. The molecule has 1 nitrogen and oxygen atoms in total. The van der Waals surface area contributed by atoms with Crippen molar-refractivity contribution < 1.29 is 0 Å². The summed E-state index contributed by atoms with van der Waals surface area (Å²) in [7, 11) is 0. The zero-order valence-corrected chi connectivity index (χ0v) is 14.8. The number of pyridine rings is 1. The Morgan fingerprint density at radius 3 is 2.35 bits per heavy atom. The number of hydrogen-bond donors (Lipinski definition) is 0. The highest BCUT2D eigenvalue weighted by Gasteiger charge is 2.32. The number of fused-ring (bicyclic) bond motifs is 1. The van der Waals surface area contributed by atoms with Crippen molar-refractivity contribution in [2.24, 2.45) is 5.92 Å². The lowest BCUT2D eigenvalue weighted by atomic mass is 9.77. The molecular weight excluding hydrogens is 262 g/mol. The molecule has 0 aliphatic carbocycles. The number of aryl methyl sites for hydroxylation is 1. The minimum absolute atomic E-state index is 0.559. The lowest BCUT2D eigenvalue weighted by molar-refractivity contribution is 0.463. The monoisotopic (exact) mass is 291 g/mol. The van der Waals surface area contributed by atoms with Crippen molar-refractivity contribution in [1.29, 1.82) is 0 Å². The Morgan fingerprint density at radius 2 is 1.80 bits per heavy atom. The molecule has 112 valence electrons. The molecule has 20 heavy (non-hydrogen) atoms. The summed E-state index contributed by atoms with van der Waals surface area (Å²) in [5, 5.41) is 1.29. The van der Waals surface area contributed by atoms with Crippen LogP contribution in [-0.4, -0.2) is 10.2 Å². The molecule has 0 bridgehead atoms. The van der Waals surface area contributed by atoms with Gasteiger partial charge in [-0.3, -0.25) is 4.98 Å². The Hall–Kier alpha value is -0.500. The van der Waals surface area contributed by atoms with E-state index < -0.39 is 0 Å². The van der Waals surface area contributed by atoms with E-state index in [0.29, 0.717) is 23.0 Å². The summed E-state index contributed by atoms with van der Waals surface area (Å²) < 4.78 is 0. The number of aromatic nitrogens is 1. The Bertz CT molecular complexity index is 479. The fraction of sp³-hybridized carbons (Fsp3) is 0.722. The van der Waals surface area contributed by atoms with Gasteiger partial charge in [0.25, 0.3) is 0 Å². The topological polar surface area (TPSA) is 12.9 Å². The molecule has 1 aliphatic rings. The van der Waals surface area contributed by atoms with Gasteiger partial charge in [-0.05, 0) is 54.7 Å². The molecule has 2 heteroatoms. The van der Waals surface area contributed by atoms with Crippen LogP contribution in [0.2, 0.25) is 0 Å². The van der Waals surface area contributed by atoms with Gasteiger partial charge in [0.2, 0.25) is 0 Å². The van der Waals surface area contributed by atoms with Gasteiger partial charge in [-0.2, -0.15) is 11.8 Å². The lowest BCUT2D eigenvalue weighted by Gasteiger charge is -2.28. The average molecular weight is 292 g/mol. The van der Waals surface area contributed by atoms with E-state index in [-0.39, 0.29) is 0 Å². The van der Waals surface area contributed by atoms with Gasteiger partial charge in [-0.25, -0.2) is 0 Å². The van der Waals surface area contributed by atoms with E-state index in [1.54, 1.807) is 5.56 Å². The van der Waals surface area contributed by atoms with Crippen molar-refractivity contribution in [1.82, 2.24) is 4.98 Å². The van der Waals surface area contributed by atoms with Gasteiger partial charge in [0.15, 0.2) is 0 Å². The van der Waals surface area contributed by atoms with Crippen molar-refractivity contribution in [3.8, 4) is 0 Å². The summed E-state index contributed by atoms with van der Waals surface area (Å²) in [6.45, 7) is 16.3. The molecule has 3 atom stereocenters. The maximum Gasteiger partial charge on any atom is 0.0418 e. The summed E-state index contributed by atoms with van der Waals surface area (Å²) in [4.78, 5) is 4.71. The highest BCUT2D eigenvalue weighted by Crippen LogP contribution is 2.48. The first-order chi connectivity index (χ1) is 9.32. The summed E-state index contributed by atoms with van der Waals surface area (Å²) in [6, 6.07) is 0. The highest BCUT2D eigenvalue weighted by atomic mass is 32.2. The van der Waals surface area contributed by atoms with Gasteiger partial charge in [0.1, 0.15) is 0 Å². The van der Waals surface area contributed by atoms with Crippen LogP contribution in [0.3, 0.4) is 0 Å². The molecule has 2 heterocycles. The first-order valence-electron chi connectivity index (χ1n) is 7.97. The van der Waals surface area contributed by atoms with Crippen LogP contribution in [0.25, 0.3) is 0 Å². The Labute approximate surface area is 129 Å². The van der Waals surface area contributed by atoms with Gasteiger partial charge in [0, 0.05) is 22.4 Å². The Balaban J connectivity index is 2.69. The van der Waals surface area contributed by atoms with E-state index >= 15 is 0 Å². The molecule has 0 aromatic carbocycles. The summed E-state index contributed by atoms with van der Waals surface area (Å²) >= 11 is 2.12. The second-order valence-corrected chi connectivity index (χ2v) is 8.74. The normalized spacial score (nSPS) is 26.8. The summed E-state index contributed by atoms with van der Waals surface area (Å²) in [5.74, 6) is 1.93. The molecule has 0 saturated heterocycles. The fourth-order valence-corrected chi connectivity index (χ4v) is 5.04. The quantitative estimate of drug-likeness (QED) is 0.679. The van der Waals surface area contributed by atoms with Crippen LogP contribution >= 0.6 is 11.8 Å². The molecule has 0 saturated carbocycles. The number of nitrogens with zero attached hydrogens (tertiary/aromatic N) is 1. The lowest BCUT2D eigenvalue weighted by Crippen LogP contribution is -2.15. The van der Waals surface area contributed by atoms with Crippen molar-refractivity contribution in [2.45, 2.75) is 77.2 Å². The smallest absolute Gasteiger partial charge is 0.0418 e. The molecule has 1 aromatic heterocycles. The molecule has 1 aromatic rings. The third kappa shape index (κ3) is 2.90. The fourth-order valence-electron chi connectivity index (χ4n) is 3.60. The van der Waals surface area contributed by atoms with Gasteiger partial charge in [-0.1, -0.05) is 34.6 Å². The van der Waals surface area contributed by atoms with Gasteiger partial charge < -0.3 is 0 Å². The minimum Gasteiger partial charge on any atom is -0.261 e. The minimum atomic E-state index is 0.559. The van der Waals surface area contributed by atoms with Crippen molar-refractivity contribution in [3.05, 3.63) is 28.6 Å². The number of hydrogen-bond acceptors (Lipinski definition) is 2. The van der Waals surface area contributed by atoms with E-state index in [0.717, 1.165) is 5.25 Å². The number of thioether (sulfide) groups is 1. The third-order valence-corrected chi connectivity index (χ3v) is 5.92. The average Bonchev–Trinajstić information content (AvgIpc) is 2.46. The van der Waals surface area contributed by atoms with E-state index in [9.17, 15) is 0 Å². The molecule has 0 spiro atoms. The van der Waals surface area contributed by atoms with Gasteiger partial charge >= 0.3 is 0 Å². The van der Waals surface area contributed by atoms with Crippen LogP contribution in [0.5, 0.6) is 0 Å². The standard InChI is InChI=1S/C18H29NS/c1-10(2)15-8-12(5)20-14(7)17-13(6)19-9-16(11(3)4)18(15)17/h9-12,14-15H,8H2,1-7H3/t12-,14+,15?/m0/s1. The van der Waals surface area contributed by atoms with Gasteiger partial charge in [0.05, 0.1) is 0 Å². The highest BCUT2D eigenvalue weighted by molar-refractivity contribution is 8.00. The van der Waals surface area contributed by atoms with Crippen LogP contribution < -0.4 is 0 Å². The van der Waals surface area contributed by atoms with Crippen molar-refractivity contribution >= 4 is 11.8 Å². The Morgan fingerprint density at radius 1 is 1.15 bits per heavy atom. The SMILES string of the molecule is Cc1ncc(C(C)C)c2c1[C@@H](C)S[C@@H](C)CC2C(C)C. The van der Waals surface area contributed by atoms with Crippen LogP contribution in [0.1, 0.15) is 87.4 Å². The third-order valence-electron chi connectivity index (χ3n) is 4.61. The van der Waals surface area contributed by atoms with E-state index in [1.807, 2.05) is 0 Å². The van der Waals surface area contributed by atoms with E-state index in [1.165, 1.54) is 23.2 Å².